The van der Waals surface area contributed by atoms with Gasteiger partial charge in [-0.3, -0.25) is 0 Å². The average Bonchev–Trinajstić information content (AvgIpc) is 3.33. The molecule has 0 saturated carbocycles. The van der Waals surface area contributed by atoms with Crippen LogP contribution in [0, 0.1) is 0 Å². The van der Waals surface area contributed by atoms with Crippen molar-refractivity contribution in [2.45, 2.75) is 26.9 Å². The third-order valence-electron chi connectivity index (χ3n) is 3.95. The number of rotatable bonds is 6. The molecule has 0 atom stereocenters. The topological polar surface area (TPSA) is 83.4 Å². The zero-order valence-corrected chi connectivity index (χ0v) is 16.4. The monoisotopic (exact) mass is 399 g/mol. The van der Waals surface area contributed by atoms with Gasteiger partial charge in [-0.1, -0.05) is 16.8 Å². The third kappa shape index (κ3) is 3.41. The fourth-order valence-corrected chi connectivity index (χ4v) is 3.01. The molecular formula is C20H18ClN3O4. The van der Waals surface area contributed by atoms with E-state index in [1.165, 1.54) is 0 Å². The standard InChI is InChI=1S/C20H18ClN3O4/c1-4-25-16-6-5-14(13-7-8-26-17(13)16)18-23-19(28-24-18)12-9-15(21)20(22-10-12)27-11(2)3/h5-11H,4H2,1-3H3. The first-order valence-corrected chi connectivity index (χ1v) is 9.24. The number of hydrogen-bond acceptors (Lipinski definition) is 7. The second kappa shape index (κ2) is 7.52. The Kier molecular flexibility index (Phi) is 4.92. The lowest BCUT2D eigenvalue weighted by Crippen LogP contribution is -2.07. The maximum atomic E-state index is 6.25. The van der Waals surface area contributed by atoms with Gasteiger partial charge >= 0.3 is 0 Å². The van der Waals surface area contributed by atoms with Crippen molar-refractivity contribution in [2.75, 3.05) is 6.61 Å². The van der Waals surface area contributed by atoms with Crippen molar-refractivity contribution in [1.82, 2.24) is 15.1 Å². The zero-order valence-electron chi connectivity index (χ0n) is 15.6. The second-order valence-electron chi connectivity index (χ2n) is 6.31. The lowest BCUT2D eigenvalue weighted by molar-refractivity contribution is 0.233. The normalized spacial score (nSPS) is 11.3. The summed E-state index contributed by atoms with van der Waals surface area (Å²) < 4.78 is 22.1. The summed E-state index contributed by atoms with van der Waals surface area (Å²) in [6.45, 7) is 6.28. The molecule has 0 unspecified atom stereocenters. The van der Waals surface area contributed by atoms with Crippen LogP contribution < -0.4 is 9.47 Å². The summed E-state index contributed by atoms with van der Waals surface area (Å²) in [6, 6.07) is 7.24. The van der Waals surface area contributed by atoms with E-state index >= 15 is 0 Å². The molecule has 0 bridgehead atoms. The highest BCUT2D eigenvalue weighted by Gasteiger charge is 2.18. The van der Waals surface area contributed by atoms with E-state index in [0.717, 1.165) is 10.9 Å². The summed E-state index contributed by atoms with van der Waals surface area (Å²) in [7, 11) is 0. The molecule has 0 aliphatic heterocycles. The third-order valence-corrected chi connectivity index (χ3v) is 4.22. The van der Waals surface area contributed by atoms with Crippen LogP contribution in [0.1, 0.15) is 20.8 Å². The molecule has 0 aliphatic rings. The maximum Gasteiger partial charge on any atom is 0.259 e. The van der Waals surface area contributed by atoms with Crippen molar-refractivity contribution in [2.24, 2.45) is 0 Å². The number of benzene rings is 1. The number of nitrogens with zero attached hydrogens (tertiary/aromatic N) is 3. The Morgan fingerprint density at radius 1 is 1.21 bits per heavy atom. The van der Waals surface area contributed by atoms with Gasteiger partial charge in [-0.2, -0.15) is 4.98 Å². The van der Waals surface area contributed by atoms with Gasteiger partial charge in [-0.05, 0) is 45.0 Å². The van der Waals surface area contributed by atoms with Gasteiger partial charge in [0.2, 0.25) is 11.7 Å². The van der Waals surface area contributed by atoms with E-state index in [4.69, 9.17) is 30.0 Å². The molecule has 4 aromatic rings. The molecule has 28 heavy (non-hydrogen) atoms. The van der Waals surface area contributed by atoms with E-state index in [-0.39, 0.29) is 6.10 Å². The Balaban J connectivity index is 1.69. The van der Waals surface area contributed by atoms with E-state index < -0.39 is 0 Å². The van der Waals surface area contributed by atoms with Crippen LogP contribution in [0.3, 0.4) is 0 Å². The number of hydrogen-bond donors (Lipinski definition) is 0. The molecule has 144 valence electrons. The summed E-state index contributed by atoms with van der Waals surface area (Å²) in [4.78, 5) is 8.73. The largest absolute Gasteiger partial charge is 0.490 e. The van der Waals surface area contributed by atoms with Gasteiger partial charge in [-0.25, -0.2) is 4.98 Å². The number of furan rings is 1. The van der Waals surface area contributed by atoms with E-state index in [9.17, 15) is 0 Å². The van der Waals surface area contributed by atoms with E-state index in [1.807, 2.05) is 39.0 Å². The summed E-state index contributed by atoms with van der Waals surface area (Å²) in [5.41, 5.74) is 2.03. The van der Waals surface area contributed by atoms with Crippen molar-refractivity contribution in [3.05, 3.63) is 41.7 Å². The minimum Gasteiger partial charge on any atom is -0.490 e. The lowest BCUT2D eigenvalue weighted by Gasteiger charge is -2.09. The predicted molar refractivity (Wildman–Crippen MR) is 105 cm³/mol. The van der Waals surface area contributed by atoms with Crippen LogP contribution in [0.2, 0.25) is 5.02 Å². The maximum absolute atomic E-state index is 6.25. The van der Waals surface area contributed by atoms with Crippen LogP contribution in [0.4, 0.5) is 0 Å². The molecule has 0 radical (unpaired) electrons. The first kappa shape index (κ1) is 18.3. The minimum atomic E-state index is -0.0251. The van der Waals surface area contributed by atoms with Gasteiger partial charge in [0, 0.05) is 17.1 Å². The molecular weight excluding hydrogens is 382 g/mol. The summed E-state index contributed by atoms with van der Waals surface area (Å²) in [6.07, 6.45) is 3.17. The molecule has 0 fully saturated rings. The Hall–Kier alpha value is -3.06. The van der Waals surface area contributed by atoms with Crippen LogP contribution in [0.15, 0.2) is 45.7 Å². The molecule has 4 rings (SSSR count). The Morgan fingerprint density at radius 2 is 2.07 bits per heavy atom. The van der Waals surface area contributed by atoms with Gasteiger partial charge in [0.15, 0.2) is 11.3 Å². The molecule has 3 aromatic heterocycles. The highest BCUT2D eigenvalue weighted by atomic mass is 35.5. The molecule has 0 N–H and O–H groups in total. The molecule has 0 spiro atoms. The van der Waals surface area contributed by atoms with Crippen molar-refractivity contribution in [3.63, 3.8) is 0 Å². The van der Waals surface area contributed by atoms with Crippen LogP contribution >= 0.6 is 11.6 Å². The predicted octanol–water partition coefficient (Wildman–Crippen LogP) is 5.38. The van der Waals surface area contributed by atoms with Gasteiger partial charge in [0.1, 0.15) is 5.02 Å². The average molecular weight is 400 g/mol. The number of halogens is 1. The summed E-state index contributed by atoms with van der Waals surface area (Å²) >= 11 is 6.25. The van der Waals surface area contributed by atoms with Crippen LogP contribution in [0.5, 0.6) is 11.6 Å². The second-order valence-corrected chi connectivity index (χ2v) is 6.72. The summed E-state index contributed by atoms with van der Waals surface area (Å²) in [5.74, 6) is 1.78. The lowest BCUT2D eigenvalue weighted by atomic mass is 10.1. The van der Waals surface area contributed by atoms with E-state index in [2.05, 4.69) is 15.1 Å². The van der Waals surface area contributed by atoms with Crippen molar-refractivity contribution >= 4 is 22.6 Å². The van der Waals surface area contributed by atoms with Crippen LogP contribution in [-0.2, 0) is 0 Å². The Morgan fingerprint density at radius 3 is 2.82 bits per heavy atom. The van der Waals surface area contributed by atoms with E-state index in [1.54, 1.807) is 18.5 Å². The molecule has 0 saturated heterocycles. The Bertz CT molecular complexity index is 1120. The molecule has 7 nitrogen and oxygen atoms in total. The number of aromatic nitrogens is 3. The Labute approximate surface area is 166 Å². The fourth-order valence-electron chi connectivity index (χ4n) is 2.80. The number of pyridine rings is 1. The van der Waals surface area contributed by atoms with Gasteiger partial charge in [0.05, 0.1) is 24.5 Å². The highest BCUT2D eigenvalue weighted by molar-refractivity contribution is 6.32. The van der Waals surface area contributed by atoms with Crippen molar-refractivity contribution in [3.8, 4) is 34.5 Å². The molecule has 0 amide bonds. The number of fused-ring (bicyclic) bond motifs is 1. The number of ether oxygens (including phenoxy) is 2. The smallest absolute Gasteiger partial charge is 0.259 e. The van der Waals surface area contributed by atoms with Crippen LogP contribution in [-0.4, -0.2) is 27.8 Å². The van der Waals surface area contributed by atoms with Crippen molar-refractivity contribution < 1.29 is 18.4 Å². The molecule has 1 aromatic carbocycles. The highest BCUT2D eigenvalue weighted by Crippen LogP contribution is 2.35. The molecule has 8 heteroatoms. The zero-order chi connectivity index (χ0) is 19.7. The first-order valence-electron chi connectivity index (χ1n) is 8.86. The quantitative estimate of drug-likeness (QED) is 0.430. The fraction of sp³-hybridized carbons (Fsp3) is 0.250. The van der Waals surface area contributed by atoms with E-state index in [0.29, 0.717) is 46.1 Å². The first-order chi connectivity index (χ1) is 13.6. The van der Waals surface area contributed by atoms with Gasteiger partial charge < -0.3 is 18.4 Å². The molecule has 0 aliphatic carbocycles. The van der Waals surface area contributed by atoms with Crippen molar-refractivity contribution in [1.29, 1.82) is 0 Å². The van der Waals surface area contributed by atoms with Gasteiger partial charge in [-0.15, -0.1) is 0 Å². The minimum absolute atomic E-state index is 0.0251. The van der Waals surface area contributed by atoms with Gasteiger partial charge in [0.25, 0.3) is 5.89 Å². The van der Waals surface area contributed by atoms with Crippen LogP contribution in [0.25, 0.3) is 33.8 Å². The summed E-state index contributed by atoms with van der Waals surface area (Å²) in [5, 5.41) is 5.32. The molecule has 3 heterocycles. The SMILES string of the molecule is CCOc1ccc(-c2noc(-c3cnc(OC(C)C)c(Cl)c3)n2)c2ccoc12.